The lowest BCUT2D eigenvalue weighted by Crippen LogP contribution is -2.39. The molecule has 74 valence electrons. The van der Waals surface area contributed by atoms with Crippen molar-refractivity contribution in [2.24, 2.45) is 5.92 Å². The Bertz CT molecular complexity index is 222. The van der Waals surface area contributed by atoms with Crippen LogP contribution in [-0.2, 0) is 9.53 Å². The molecule has 2 aliphatic rings. The minimum atomic E-state index is -0.356. The van der Waals surface area contributed by atoms with Crippen LogP contribution in [0.1, 0.15) is 33.6 Å². The molecule has 1 N–H and O–H groups in total. The fourth-order valence-electron chi connectivity index (χ4n) is 1.88. The number of rotatable bonds is 1. The van der Waals surface area contributed by atoms with Crippen LogP contribution in [0.4, 0.5) is 0 Å². The Morgan fingerprint density at radius 1 is 1.38 bits per heavy atom. The summed E-state index contributed by atoms with van der Waals surface area (Å²) < 4.78 is 5.29. The molecule has 1 aliphatic carbocycles. The molecule has 0 amide bonds. The van der Waals surface area contributed by atoms with Crippen LogP contribution < -0.4 is 5.32 Å². The normalized spacial score (nSPS) is 37.0. The number of esters is 1. The molecule has 13 heavy (non-hydrogen) atoms. The number of carbonyl (C=O) groups is 1. The number of carbonyl (C=O) groups excluding carboxylic acids is 1. The minimum Gasteiger partial charge on any atom is -0.459 e. The van der Waals surface area contributed by atoms with E-state index in [1.165, 1.54) is 6.42 Å². The highest BCUT2D eigenvalue weighted by molar-refractivity contribution is 5.77. The van der Waals surface area contributed by atoms with E-state index in [9.17, 15) is 4.79 Å². The maximum absolute atomic E-state index is 11.5. The van der Waals surface area contributed by atoms with Crippen molar-refractivity contribution in [3.63, 3.8) is 0 Å². The van der Waals surface area contributed by atoms with Gasteiger partial charge in [-0.3, -0.25) is 4.79 Å². The van der Waals surface area contributed by atoms with Crippen molar-refractivity contribution in [3.05, 3.63) is 0 Å². The Labute approximate surface area is 78.8 Å². The summed E-state index contributed by atoms with van der Waals surface area (Å²) in [6, 6.07) is 0.570. The highest BCUT2D eigenvalue weighted by Crippen LogP contribution is 2.41. The van der Waals surface area contributed by atoms with Crippen molar-refractivity contribution in [2.45, 2.75) is 51.3 Å². The Balaban J connectivity index is 1.84. The van der Waals surface area contributed by atoms with Crippen molar-refractivity contribution < 1.29 is 9.53 Å². The molecular formula is C10H17NO2. The molecule has 1 saturated heterocycles. The Kier molecular flexibility index (Phi) is 1.88. The molecule has 3 atom stereocenters. The summed E-state index contributed by atoms with van der Waals surface area (Å²) in [6.45, 7) is 5.71. The van der Waals surface area contributed by atoms with Gasteiger partial charge in [-0.1, -0.05) is 0 Å². The van der Waals surface area contributed by atoms with Gasteiger partial charge in [0, 0.05) is 6.04 Å². The van der Waals surface area contributed by atoms with Gasteiger partial charge in [-0.05, 0) is 39.5 Å². The average Bonchev–Trinajstić information content (AvgIpc) is 2.55. The summed E-state index contributed by atoms with van der Waals surface area (Å²) in [6.07, 6.45) is 2.22. The average molecular weight is 183 g/mol. The molecule has 3 nitrogen and oxygen atoms in total. The third-order valence-electron chi connectivity index (χ3n) is 2.57. The van der Waals surface area contributed by atoms with E-state index in [0.29, 0.717) is 6.04 Å². The zero-order chi connectivity index (χ0) is 9.64. The highest BCUT2D eigenvalue weighted by atomic mass is 16.6. The van der Waals surface area contributed by atoms with Gasteiger partial charge in [-0.15, -0.1) is 0 Å². The molecule has 1 saturated carbocycles. The number of piperidine rings is 1. The number of hydrogen-bond acceptors (Lipinski definition) is 3. The van der Waals surface area contributed by atoms with Crippen LogP contribution in [0.15, 0.2) is 0 Å². The van der Waals surface area contributed by atoms with E-state index in [4.69, 9.17) is 4.74 Å². The molecule has 0 aromatic carbocycles. The highest BCUT2D eigenvalue weighted by Gasteiger charge is 2.48. The lowest BCUT2D eigenvalue weighted by Gasteiger charge is -2.22. The van der Waals surface area contributed by atoms with Gasteiger partial charge in [-0.25, -0.2) is 0 Å². The smallest absolute Gasteiger partial charge is 0.323 e. The SMILES string of the molecule is CC(C)(C)OC(=O)[C@@H]1C[C@@H]2C[C@@H]2N1. The van der Waals surface area contributed by atoms with E-state index in [-0.39, 0.29) is 17.6 Å². The fraction of sp³-hybridized carbons (Fsp3) is 0.900. The van der Waals surface area contributed by atoms with Crippen LogP contribution in [0.2, 0.25) is 0 Å². The lowest BCUT2D eigenvalue weighted by atomic mass is 10.1. The van der Waals surface area contributed by atoms with Crippen LogP contribution in [0.3, 0.4) is 0 Å². The van der Waals surface area contributed by atoms with E-state index in [1.54, 1.807) is 0 Å². The molecular weight excluding hydrogens is 166 g/mol. The van der Waals surface area contributed by atoms with Gasteiger partial charge in [-0.2, -0.15) is 0 Å². The molecule has 1 aliphatic heterocycles. The fourth-order valence-corrected chi connectivity index (χ4v) is 1.88. The molecule has 0 bridgehead atoms. The van der Waals surface area contributed by atoms with Crippen molar-refractivity contribution >= 4 is 5.97 Å². The maximum Gasteiger partial charge on any atom is 0.323 e. The number of ether oxygens (including phenoxy) is 1. The maximum atomic E-state index is 11.5. The monoisotopic (exact) mass is 183 g/mol. The van der Waals surface area contributed by atoms with Crippen LogP contribution in [0.25, 0.3) is 0 Å². The number of hydrogen-bond donors (Lipinski definition) is 1. The molecule has 2 fully saturated rings. The van der Waals surface area contributed by atoms with E-state index >= 15 is 0 Å². The Morgan fingerprint density at radius 2 is 2.08 bits per heavy atom. The Hall–Kier alpha value is -0.570. The predicted molar refractivity (Wildman–Crippen MR) is 49.3 cm³/mol. The van der Waals surface area contributed by atoms with E-state index in [2.05, 4.69) is 5.32 Å². The van der Waals surface area contributed by atoms with Crippen LogP contribution >= 0.6 is 0 Å². The van der Waals surface area contributed by atoms with E-state index in [0.717, 1.165) is 12.3 Å². The van der Waals surface area contributed by atoms with Gasteiger partial charge < -0.3 is 10.1 Å². The molecule has 0 spiro atoms. The van der Waals surface area contributed by atoms with Crippen molar-refractivity contribution in [2.75, 3.05) is 0 Å². The van der Waals surface area contributed by atoms with Gasteiger partial charge in [0.1, 0.15) is 11.6 Å². The largest absolute Gasteiger partial charge is 0.459 e. The molecule has 0 aromatic heterocycles. The topological polar surface area (TPSA) is 38.3 Å². The van der Waals surface area contributed by atoms with E-state index < -0.39 is 0 Å². The van der Waals surface area contributed by atoms with Crippen LogP contribution in [0, 0.1) is 5.92 Å². The van der Waals surface area contributed by atoms with Gasteiger partial charge in [0.2, 0.25) is 0 Å². The number of nitrogens with one attached hydrogen (secondary N) is 1. The van der Waals surface area contributed by atoms with Gasteiger partial charge in [0.05, 0.1) is 0 Å². The second-order valence-electron chi connectivity index (χ2n) is 5.09. The first-order valence-electron chi connectivity index (χ1n) is 4.94. The molecule has 0 unspecified atom stereocenters. The quantitative estimate of drug-likeness (QED) is 0.618. The third-order valence-corrected chi connectivity index (χ3v) is 2.57. The first kappa shape index (κ1) is 9.00. The third kappa shape index (κ3) is 2.02. The second-order valence-corrected chi connectivity index (χ2v) is 5.09. The Morgan fingerprint density at radius 3 is 2.54 bits per heavy atom. The number of fused-ring (bicyclic) bond motifs is 1. The molecule has 0 radical (unpaired) electrons. The zero-order valence-corrected chi connectivity index (χ0v) is 8.46. The van der Waals surface area contributed by atoms with Crippen LogP contribution in [-0.4, -0.2) is 23.7 Å². The van der Waals surface area contributed by atoms with Crippen molar-refractivity contribution in [1.29, 1.82) is 0 Å². The summed E-state index contributed by atoms with van der Waals surface area (Å²) in [5, 5.41) is 3.28. The first-order valence-corrected chi connectivity index (χ1v) is 4.94. The lowest BCUT2D eigenvalue weighted by molar-refractivity contribution is -0.157. The summed E-state index contributed by atoms with van der Waals surface area (Å²) in [5.74, 6) is 0.664. The summed E-state index contributed by atoms with van der Waals surface area (Å²) in [4.78, 5) is 11.5. The second kappa shape index (κ2) is 2.71. The van der Waals surface area contributed by atoms with Crippen molar-refractivity contribution in [3.8, 4) is 0 Å². The predicted octanol–water partition coefficient (Wildman–Crippen LogP) is 1.08. The molecule has 0 aromatic rings. The van der Waals surface area contributed by atoms with E-state index in [1.807, 2.05) is 20.8 Å². The van der Waals surface area contributed by atoms with Crippen molar-refractivity contribution in [1.82, 2.24) is 5.32 Å². The van der Waals surface area contributed by atoms with Gasteiger partial charge in [0.25, 0.3) is 0 Å². The minimum absolute atomic E-state index is 0.0389. The first-order chi connectivity index (χ1) is 5.96. The standard InChI is InChI=1S/C10H17NO2/c1-10(2,3)13-9(12)8-5-6-4-7(6)11-8/h6-8,11H,4-5H2,1-3H3/t6-,7-,8-/m0/s1. The summed E-state index contributed by atoms with van der Waals surface area (Å²) in [7, 11) is 0. The molecule has 1 heterocycles. The van der Waals surface area contributed by atoms with Crippen LogP contribution in [0.5, 0.6) is 0 Å². The molecule has 3 heteroatoms. The molecule has 2 rings (SSSR count). The van der Waals surface area contributed by atoms with Gasteiger partial charge >= 0.3 is 5.97 Å². The summed E-state index contributed by atoms with van der Waals surface area (Å²) in [5.41, 5.74) is -0.356. The van der Waals surface area contributed by atoms with Gasteiger partial charge in [0.15, 0.2) is 0 Å². The zero-order valence-electron chi connectivity index (χ0n) is 8.46. The summed E-state index contributed by atoms with van der Waals surface area (Å²) >= 11 is 0.